The van der Waals surface area contributed by atoms with Crippen LogP contribution in [0.1, 0.15) is 41.6 Å². The average Bonchev–Trinajstić information content (AvgIpc) is 3.47. The second kappa shape index (κ2) is 7.45. The molecule has 1 spiro atoms. The Morgan fingerprint density at radius 3 is 2.93 bits per heavy atom. The number of hydrogen-bond acceptors (Lipinski definition) is 7. The molecule has 2 amide bonds. The van der Waals surface area contributed by atoms with Gasteiger partial charge in [0.15, 0.2) is 0 Å². The molecule has 7 nitrogen and oxygen atoms in total. The highest BCUT2D eigenvalue weighted by atomic mass is 32.1. The van der Waals surface area contributed by atoms with E-state index in [1.165, 1.54) is 21.8 Å². The Balaban J connectivity index is 1.24. The Bertz CT molecular complexity index is 932. The van der Waals surface area contributed by atoms with E-state index >= 15 is 0 Å². The molecule has 0 N–H and O–H groups in total. The molecule has 0 aromatic carbocycles. The van der Waals surface area contributed by atoms with Crippen LogP contribution in [0.15, 0.2) is 11.4 Å². The minimum absolute atomic E-state index is 0.0329. The predicted molar refractivity (Wildman–Crippen MR) is 111 cm³/mol. The monoisotopic (exact) mass is 432 g/mol. The van der Waals surface area contributed by atoms with Crippen molar-refractivity contribution in [1.82, 2.24) is 15.1 Å². The summed E-state index contributed by atoms with van der Waals surface area (Å²) in [6.45, 7) is 4.54. The molecule has 0 radical (unpaired) electrons. The van der Waals surface area contributed by atoms with Gasteiger partial charge in [0.25, 0.3) is 0 Å². The lowest BCUT2D eigenvalue weighted by atomic mass is 9.85. The number of carbonyl (C=O) groups is 2. The Morgan fingerprint density at radius 1 is 1.34 bits per heavy atom. The Morgan fingerprint density at radius 2 is 2.17 bits per heavy atom. The number of hydrogen-bond donors (Lipinski definition) is 0. The van der Waals surface area contributed by atoms with Crippen LogP contribution < -0.4 is 4.90 Å². The van der Waals surface area contributed by atoms with Gasteiger partial charge < -0.3 is 9.64 Å². The molecule has 9 heteroatoms. The zero-order chi connectivity index (χ0) is 20.0. The fourth-order valence-corrected chi connectivity index (χ4v) is 6.60. The highest BCUT2D eigenvalue weighted by Gasteiger charge is 2.45. The quantitative estimate of drug-likeness (QED) is 0.745. The van der Waals surface area contributed by atoms with Gasteiger partial charge in [0.2, 0.25) is 16.9 Å². The van der Waals surface area contributed by atoms with Crippen LogP contribution >= 0.6 is 22.7 Å². The van der Waals surface area contributed by atoms with Gasteiger partial charge in [0.05, 0.1) is 12.5 Å². The maximum absolute atomic E-state index is 13.1. The number of aromatic nitrogens is 2. The van der Waals surface area contributed by atoms with E-state index in [0.717, 1.165) is 37.3 Å². The molecular weight excluding hydrogens is 408 g/mol. The Labute approximate surface area is 177 Å². The van der Waals surface area contributed by atoms with Crippen LogP contribution in [0, 0.1) is 5.92 Å². The van der Waals surface area contributed by atoms with Gasteiger partial charge in [-0.2, -0.15) is 0 Å². The number of carbonyl (C=O) groups excluding carboxylic acids is 2. The summed E-state index contributed by atoms with van der Waals surface area (Å²) >= 11 is 3.21. The minimum Gasteiger partial charge on any atom is -0.369 e. The molecule has 0 bridgehead atoms. The fraction of sp³-hybridized carbons (Fsp3) is 0.600. The van der Waals surface area contributed by atoms with Gasteiger partial charge in [-0.3, -0.25) is 14.5 Å². The van der Waals surface area contributed by atoms with E-state index in [9.17, 15) is 9.59 Å². The predicted octanol–water partition coefficient (Wildman–Crippen LogP) is 2.61. The van der Waals surface area contributed by atoms with Crippen molar-refractivity contribution in [3.05, 3.63) is 26.9 Å². The van der Waals surface area contributed by atoms with Gasteiger partial charge in [-0.05, 0) is 42.7 Å². The Kier molecular flexibility index (Phi) is 4.92. The van der Waals surface area contributed by atoms with Gasteiger partial charge >= 0.3 is 0 Å². The molecule has 2 fully saturated rings. The molecule has 154 valence electrons. The van der Waals surface area contributed by atoms with Crippen LogP contribution in [0.4, 0.5) is 5.13 Å². The third-order valence-corrected chi connectivity index (χ3v) is 8.49. The first-order valence-corrected chi connectivity index (χ1v) is 11.9. The average molecular weight is 433 g/mol. The van der Waals surface area contributed by atoms with E-state index in [2.05, 4.69) is 21.6 Å². The molecule has 1 unspecified atom stereocenters. The number of nitrogens with zero attached hydrogens (tertiary/aromatic N) is 4. The summed E-state index contributed by atoms with van der Waals surface area (Å²) in [5, 5.41) is 11.9. The van der Waals surface area contributed by atoms with Crippen molar-refractivity contribution >= 4 is 39.6 Å². The summed E-state index contributed by atoms with van der Waals surface area (Å²) in [5.41, 5.74) is 1.18. The third kappa shape index (κ3) is 3.29. The van der Waals surface area contributed by atoms with Crippen molar-refractivity contribution < 1.29 is 14.3 Å². The number of likely N-dealkylation sites (tertiary alicyclic amines) is 1. The van der Waals surface area contributed by atoms with Crippen molar-refractivity contribution in [3.8, 4) is 0 Å². The maximum Gasteiger partial charge on any atom is 0.229 e. The van der Waals surface area contributed by atoms with Crippen LogP contribution in [0.3, 0.4) is 0 Å². The first-order chi connectivity index (χ1) is 14.1. The topological polar surface area (TPSA) is 75.6 Å². The number of ether oxygens (including phenoxy) is 1. The molecule has 0 saturated carbocycles. The normalized spacial score (nSPS) is 23.6. The van der Waals surface area contributed by atoms with E-state index in [1.54, 1.807) is 16.2 Å². The summed E-state index contributed by atoms with van der Waals surface area (Å²) in [7, 11) is 0. The number of anilines is 1. The highest BCUT2D eigenvalue weighted by Crippen LogP contribution is 2.44. The van der Waals surface area contributed by atoms with Crippen molar-refractivity contribution in [3.63, 3.8) is 0 Å². The Hall–Kier alpha value is -1.84. The highest BCUT2D eigenvalue weighted by molar-refractivity contribution is 7.15. The van der Waals surface area contributed by atoms with Crippen LogP contribution in [0.5, 0.6) is 0 Å². The van der Waals surface area contributed by atoms with Crippen LogP contribution in [0.2, 0.25) is 0 Å². The molecule has 2 aromatic rings. The zero-order valence-electron chi connectivity index (χ0n) is 16.4. The first-order valence-electron chi connectivity index (χ1n) is 10.2. The van der Waals surface area contributed by atoms with Crippen molar-refractivity contribution in [1.29, 1.82) is 0 Å². The lowest BCUT2D eigenvalue weighted by Crippen LogP contribution is -2.49. The maximum atomic E-state index is 13.1. The molecular formula is C20H24N4O3S2. The number of amides is 2. The number of thiophene rings is 1. The van der Waals surface area contributed by atoms with E-state index in [1.807, 2.05) is 11.8 Å². The second-order valence-corrected chi connectivity index (χ2v) is 9.89. The van der Waals surface area contributed by atoms with Gasteiger partial charge in [-0.15, -0.1) is 21.5 Å². The summed E-state index contributed by atoms with van der Waals surface area (Å²) < 4.78 is 6.25. The zero-order valence-corrected chi connectivity index (χ0v) is 18.1. The summed E-state index contributed by atoms with van der Waals surface area (Å²) in [6, 6.07) is 2.21. The van der Waals surface area contributed by atoms with Crippen molar-refractivity contribution in [2.24, 2.45) is 5.92 Å². The van der Waals surface area contributed by atoms with Crippen molar-refractivity contribution in [2.75, 3.05) is 31.1 Å². The van der Waals surface area contributed by atoms with Crippen LogP contribution in [-0.4, -0.2) is 53.2 Å². The molecule has 5 heterocycles. The molecule has 3 aliphatic heterocycles. The lowest BCUT2D eigenvalue weighted by molar-refractivity contribution is -0.144. The van der Waals surface area contributed by atoms with Crippen molar-refractivity contribution in [2.45, 2.75) is 44.6 Å². The lowest BCUT2D eigenvalue weighted by Gasteiger charge is -2.44. The minimum atomic E-state index is -0.296. The second-order valence-electron chi connectivity index (χ2n) is 7.93. The molecule has 1 atom stereocenters. The smallest absolute Gasteiger partial charge is 0.229 e. The number of rotatable bonds is 3. The van der Waals surface area contributed by atoms with Gasteiger partial charge in [0.1, 0.15) is 10.6 Å². The molecule has 2 saturated heterocycles. The molecule has 29 heavy (non-hydrogen) atoms. The molecule has 0 aliphatic carbocycles. The fourth-order valence-electron chi connectivity index (χ4n) is 4.63. The van der Waals surface area contributed by atoms with Gasteiger partial charge in [-0.25, -0.2) is 0 Å². The number of aryl methyl sites for hydroxylation is 1. The molecule has 5 rings (SSSR count). The van der Waals surface area contributed by atoms with Gasteiger partial charge in [-0.1, -0.05) is 18.3 Å². The van der Waals surface area contributed by atoms with E-state index in [0.29, 0.717) is 24.8 Å². The third-order valence-electron chi connectivity index (χ3n) is 6.26. The first kappa shape index (κ1) is 19.1. The molecule has 2 aromatic heterocycles. The summed E-state index contributed by atoms with van der Waals surface area (Å²) in [5.74, 6) is -0.247. The van der Waals surface area contributed by atoms with E-state index < -0.39 is 0 Å². The SMILES string of the molecule is CCc1nnc(N2CC(C(=O)N3CCC4(CC3)OCCc3ccsc34)CC2=O)s1. The molecule has 3 aliphatic rings. The van der Waals surface area contributed by atoms with Gasteiger partial charge in [0, 0.05) is 30.9 Å². The number of fused-ring (bicyclic) bond motifs is 2. The standard InChI is InChI=1S/C20H24N4O3S2/c1-2-15-21-22-19(29-15)24-12-14(11-16(24)25)18(26)23-7-5-20(6-8-23)17-13(3-9-27-20)4-10-28-17/h4,10,14H,2-3,5-9,11-12H2,1H3. The largest absolute Gasteiger partial charge is 0.369 e. The summed E-state index contributed by atoms with van der Waals surface area (Å²) in [4.78, 5) is 30.5. The number of piperidine rings is 1. The summed E-state index contributed by atoms with van der Waals surface area (Å²) in [6.07, 6.45) is 3.69. The van der Waals surface area contributed by atoms with Crippen LogP contribution in [-0.2, 0) is 32.8 Å². The van der Waals surface area contributed by atoms with E-state index in [4.69, 9.17) is 4.74 Å². The van der Waals surface area contributed by atoms with E-state index in [-0.39, 0.29) is 29.8 Å². The van der Waals surface area contributed by atoms with Crippen LogP contribution in [0.25, 0.3) is 0 Å².